The number of hydrogen-bond donors (Lipinski definition) is 0. The highest BCUT2D eigenvalue weighted by Gasteiger charge is 2.38. The van der Waals surface area contributed by atoms with Gasteiger partial charge >= 0.3 is 12.1 Å². The molecule has 0 aliphatic rings. The highest BCUT2D eigenvalue weighted by atomic mass is 35.5. The van der Waals surface area contributed by atoms with Crippen LogP contribution in [-0.2, 0) is 15.9 Å². The lowest BCUT2D eigenvalue weighted by Crippen LogP contribution is -2.05. The van der Waals surface area contributed by atoms with Gasteiger partial charge < -0.3 is 9.26 Å². The third-order valence-corrected chi connectivity index (χ3v) is 6.50. The Bertz CT molecular complexity index is 1450. The van der Waals surface area contributed by atoms with E-state index >= 15 is 0 Å². The Labute approximate surface area is 185 Å². The Morgan fingerprint density at radius 1 is 1.22 bits per heavy atom. The van der Waals surface area contributed by atoms with Crippen LogP contribution in [0.4, 0.5) is 18.9 Å². The maximum atomic E-state index is 13.7. The summed E-state index contributed by atoms with van der Waals surface area (Å²) in [5.74, 6) is -1.40. The van der Waals surface area contributed by atoms with Gasteiger partial charge in [0.15, 0.2) is 0 Å². The van der Waals surface area contributed by atoms with Crippen LogP contribution in [0.5, 0.6) is 5.75 Å². The lowest BCUT2D eigenvalue weighted by Gasteiger charge is -2.10. The third-order valence-electron chi connectivity index (χ3n) is 4.46. The van der Waals surface area contributed by atoms with Crippen molar-refractivity contribution < 1.29 is 26.6 Å². The van der Waals surface area contributed by atoms with Crippen molar-refractivity contribution in [1.82, 2.24) is 19.5 Å². The summed E-state index contributed by atoms with van der Waals surface area (Å²) in [6.07, 6.45) is -1.93. The molecule has 4 rings (SSSR count). The maximum Gasteiger partial charge on any atom is 0.471 e. The Morgan fingerprint density at radius 2 is 1.97 bits per heavy atom. The van der Waals surface area contributed by atoms with Crippen LogP contribution >= 0.6 is 11.6 Å². The molecule has 168 valence electrons. The molecule has 0 aliphatic heterocycles. The standard InChI is InChI=1S/C19H15ClF3N5O3S/c1-10-17(32(3,29)27-15-12(20)5-4-6-13(15)30-2)28-9-11(7-8-14(28)24-10)16-25-18(31-26-16)19(21,22)23/h4-9H,1-3H3. The first kappa shape index (κ1) is 22.1. The van der Waals surface area contributed by atoms with Crippen LogP contribution in [0.3, 0.4) is 0 Å². The molecule has 0 radical (unpaired) electrons. The number of methoxy groups -OCH3 is 1. The molecule has 32 heavy (non-hydrogen) atoms. The summed E-state index contributed by atoms with van der Waals surface area (Å²) in [5, 5.41) is 3.89. The van der Waals surface area contributed by atoms with E-state index in [1.54, 1.807) is 31.2 Å². The topological polar surface area (TPSA) is 94.9 Å². The van der Waals surface area contributed by atoms with E-state index in [1.165, 1.54) is 30.0 Å². The van der Waals surface area contributed by atoms with Gasteiger partial charge in [-0.25, -0.2) is 9.19 Å². The van der Waals surface area contributed by atoms with Gasteiger partial charge in [0.2, 0.25) is 5.82 Å². The molecule has 13 heteroatoms. The number of nitrogens with zero attached hydrogens (tertiary/aromatic N) is 5. The molecule has 0 aliphatic carbocycles. The monoisotopic (exact) mass is 485 g/mol. The van der Waals surface area contributed by atoms with Crippen LogP contribution in [0, 0.1) is 6.92 Å². The van der Waals surface area contributed by atoms with Gasteiger partial charge in [-0.3, -0.25) is 4.40 Å². The van der Waals surface area contributed by atoms with E-state index in [0.29, 0.717) is 17.1 Å². The van der Waals surface area contributed by atoms with Gasteiger partial charge in [-0.05, 0) is 31.2 Å². The van der Waals surface area contributed by atoms with Crippen LogP contribution in [0.15, 0.2) is 50.4 Å². The largest absolute Gasteiger partial charge is 0.494 e. The lowest BCUT2D eigenvalue weighted by molar-refractivity contribution is -0.159. The number of hydrogen-bond acceptors (Lipinski definition) is 7. The highest BCUT2D eigenvalue weighted by molar-refractivity contribution is 7.93. The predicted octanol–water partition coefficient (Wildman–Crippen LogP) is 5.16. The second-order valence-electron chi connectivity index (χ2n) is 6.75. The van der Waals surface area contributed by atoms with E-state index in [9.17, 15) is 17.4 Å². The molecule has 3 heterocycles. The zero-order chi connectivity index (χ0) is 23.3. The van der Waals surface area contributed by atoms with E-state index in [-0.39, 0.29) is 27.1 Å². The average Bonchev–Trinajstić information content (AvgIpc) is 3.33. The molecular weight excluding hydrogens is 471 g/mol. The number of rotatable bonds is 4. The van der Waals surface area contributed by atoms with Crippen LogP contribution in [0.25, 0.3) is 17.0 Å². The van der Waals surface area contributed by atoms with Gasteiger partial charge in [-0.2, -0.15) is 22.5 Å². The zero-order valence-corrected chi connectivity index (χ0v) is 18.4. The minimum Gasteiger partial charge on any atom is -0.494 e. The van der Waals surface area contributed by atoms with E-state index in [1.807, 2.05) is 0 Å². The number of fused-ring (bicyclic) bond motifs is 1. The number of aryl methyl sites for hydroxylation is 1. The van der Waals surface area contributed by atoms with Crippen LogP contribution < -0.4 is 4.74 Å². The summed E-state index contributed by atoms with van der Waals surface area (Å²) >= 11 is 6.24. The first-order chi connectivity index (χ1) is 15.0. The Hall–Kier alpha value is -3.12. The van der Waals surface area contributed by atoms with E-state index in [4.69, 9.17) is 16.3 Å². The predicted molar refractivity (Wildman–Crippen MR) is 111 cm³/mol. The van der Waals surface area contributed by atoms with Crippen molar-refractivity contribution in [1.29, 1.82) is 0 Å². The van der Waals surface area contributed by atoms with Gasteiger partial charge in [0, 0.05) is 18.0 Å². The van der Waals surface area contributed by atoms with Gasteiger partial charge in [0.25, 0.3) is 0 Å². The Balaban J connectivity index is 1.90. The summed E-state index contributed by atoms with van der Waals surface area (Å²) in [5.41, 5.74) is 1.26. The minimum atomic E-state index is -4.77. The maximum absolute atomic E-state index is 13.7. The van der Waals surface area contributed by atoms with Gasteiger partial charge in [-0.15, -0.1) is 0 Å². The molecule has 0 fully saturated rings. The normalized spacial score (nSPS) is 13.8. The van der Waals surface area contributed by atoms with Gasteiger partial charge in [-0.1, -0.05) is 22.8 Å². The number of alkyl halides is 3. The van der Waals surface area contributed by atoms with Gasteiger partial charge in [0.05, 0.1) is 27.6 Å². The Kier molecular flexibility index (Phi) is 5.37. The van der Waals surface area contributed by atoms with E-state index < -0.39 is 21.8 Å². The van der Waals surface area contributed by atoms with Crippen LogP contribution in [0.2, 0.25) is 5.02 Å². The summed E-state index contributed by atoms with van der Waals surface area (Å²) in [6, 6.07) is 7.92. The third kappa shape index (κ3) is 3.91. The second kappa shape index (κ2) is 7.78. The highest BCUT2D eigenvalue weighted by Crippen LogP contribution is 2.37. The Morgan fingerprint density at radius 3 is 2.62 bits per heavy atom. The molecule has 0 saturated carbocycles. The molecule has 1 unspecified atom stereocenters. The fourth-order valence-corrected chi connectivity index (χ4v) is 5.14. The number of halogens is 4. The van der Waals surface area contributed by atoms with E-state index in [2.05, 4.69) is 24.0 Å². The number of ether oxygens (including phenoxy) is 1. The van der Waals surface area contributed by atoms with Crippen LogP contribution in [-0.4, -0.2) is 37.1 Å². The van der Waals surface area contributed by atoms with Crippen molar-refractivity contribution in [2.45, 2.75) is 18.1 Å². The molecule has 3 aromatic heterocycles. The molecule has 0 spiro atoms. The van der Waals surface area contributed by atoms with Crippen molar-refractivity contribution in [3.8, 4) is 17.1 Å². The summed E-state index contributed by atoms with van der Waals surface area (Å²) < 4.78 is 67.6. The number of aromatic nitrogens is 4. The molecular formula is C19H15ClF3N5O3S. The minimum absolute atomic E-state index is 0.209. The molecule has 0 bridgehead atoms. The van der Waals surface area contributed by atoms with Gasteiger partial charge in [0.1, 0.15) is 22.1 Å². The summed E-state index contributed by atoms with van der Waals surface area (Å²) in [4.78, 5) is 7.77. The fourth-order valence-electron chi connectivity index (χ4n) is 3.15. The first-order valence-corrected chi connectivity index (χ1v) is 11.3. The quantitative estimate of drug-likeness (QED) is 0.396. The lowest BCUT2D eigenvalue weighted by atomic mass is 10.3. The first-order valence-electron chi connectivity index (χ1n) is 8.96. The second-order valence-corrected chi connectivity index (χ2v) is 9.34. The summed E-state index contributed by atoms with van der Waals surface area (Å²) in [6.45, 7) is 1.65. The molecule has 0 amide bonds. The average molecular weight is 486 g/mol. The molecule has 1 aromatic carbocycles. The van der Waals surface area contributed by atoms with Crippen LogP contribution in [0.1, 0.15) is 11.6 Å². The molecule has 4 aromatic rings. The fraction of sp³-hybridized carbons (Fsp3) is 0.211. The van der Waals surface area contributed by atoms with Crippen molar-refractivity contribution in [2.75, 3.05) is 13.4 Å². The summed E-state index contributed by atoms with van der Waals surface area (Å²) in [7, 11) is -1.69. The van der Waals surface area contributed by atoms with Crippen molar-refractivity contribution in [3.05, 3.63) is 53.1 Å². The van der Waals surface area contributed by atoms with Crippen molar-refractivity contribution in [3.63, 3.8) is 0 Å². The number of benzene rings is 1. The molecule has 1 atom stereocenters. The molecule has 0 N–H and O–H groups in total. The smallest absolute Gasteiger partial charge is 0.471 e. The number of pyridine rings is 1. The van der Waals surface area contributed by atoms with Crippen molar-refractivity contribution >= 4 is 32.7 Å². The van der Waals surface area contributed by atoms with E-state index in [0.717, 1.165) is 0 Å². The SMILES string of the molecule is COc1cccc(Cl)c1N=S(C)(=O)c1c(C)nc2ccc(-c3noc(C(F)(F)F)n3)cn12. The zero-order valence-electron chi connectivity index (χ0n) is 16.8. The number of imidazole rings is 1. The van der Waals surface area contributed by atoms with Crippen molar-refractivity contribution in [2.24, 2.45) is 4.36 Å². The molecule has 0 saturated heterocycles. The molecule has 8 nitrogen and oxygen atoms in total.